The van der Waals surface area contributed by atoms with Crippen molar-refractivity contribution in [1.29, 1.82) is 0 Å². The third-order valence-electron chi connectivity index (χ3n) is 3.50. The van der Waals surface area contributed by atoms with Crippen molar-refractivity contribution >= 4 is 11.6 Å². The molecule has 108 valence electrons. The van der Waals surface area contributed by atoms with Crippen LogP contribution in [0.1, 0.15) is 22.0 Å². The van der Waals surface area contributed by atoms with Gasteiger partial charge in [0.2, 0.25) is 0 Å². The molecule has 1 heterocycles. The van der Waals surface area contributed by atoms with Gasteiger partial charge in [0.05, 0.1) is 12.7 Å². The maximum absolute atomic E-state index is 12.1. The lowest BCUT2D eigenvalue weighted by Crippen LogP contribution is -2.33. The van der Waals surface area contributed by atoms with E-state index in [9.17, 15) is 4.79 Å². The van der Waals surface area contributed by atoms with Gasteiger partial charge in [-0.15, -0.1) is 0 Å². The lowest BCUT2D eigenvalue weighted by molar-refractivity contribution is 0.0277. The third kappa shape index (κ3) is 3.48. The number of benzene rings is 2. The van der Waals surface area contributed by atoms with E-state index < -0.39 is 0 Å². The number of anilines is 1. The van der Waals surface area contributed by atoms with E-state index in [0.717, 1.165) is 30.9 Å². The van der Waals surface area contributed by atoms with Crippen LogP contribution in [0, 0.1) is 0 Å². The quantitative estimate of drug-likeness (QED) is 0.910. The first kappa shape index (κ1) is 13.8. The minimum absolute atomic E-state index is 0.0950. The fraction of sp³-hybridized carbons (Fsp3) is 0.235. The van der Waals surface area contributed by atoms with Crippen LogP contribution >= 0.6 is 0 Å². The number of morpholine rings is 1. The molecule has 1 amide bonds. The van der Waals surface area contributed by atoms with Crippen molar-refractivity contribution in [1.82, 2.24) is 5.32 Å². The predicted molar refractivity (Wildman–Crippen MR) is 82.4 cm³/mol. The smallest absolute Gasteiger partial charge is 0.255 e. The molecule has 0 saturated carbocycles. The zero-order chi connectivity index (χ0) is 14.5. The van der Waals surface area contributed by atoms with Gasteiger partial charge < -0.3 is 15.4 Å². The van der Waals surface area contributed by atoms with E-state index in [2.05, 4.69) is 10.6 Å². The Hall–Kier alpha value is -2.17. The van der Waals surface area contributed by atoms with Gasteiger partial charge >= 0.3 is 0 Å². The maximum Gasteiger partial charge on any atom is 0.255 e. The van der Waals surface area contributed by atoms with Crippen molar-refractivity contribution in [2.45, 2.75) is 6.10 Å². The molecular formula is C17H18N2O2. The molecule has 4 heteroatoms. The second-order valence-corrected chi connectivity index (χ2v) is 5.01. The summed E-state index contributed by atoms with van der Waals surface area (Å²) in [4.78, 5) is 12.1. The number of carbonyl (C=O) groups is 1. The minimum atomic E-state index is -0.0982. The van der Waals surface area contributed by atoms with E-state index >= 15 is 0 Å². The highest BCUT2D eigenvalue weighted by molar-refractivity contribution is 6.04. The first-order valence-corrected chi connectivity index (χ1v) is 7.11. The van der Waals surface area contributed by atoms with Crippen LogP contribution in [0.5, 0.6) is 0 Å². The number of hydrogen-bond donors (Lipinski definition) is 2. The van der Waals surface area contributed by atoms with Crippen LogP contribution in [0.3, 0.4) is 0 Å². The second-order valence-electron chi connectivity index (χ2n) is 5.01. The molecule has 0 radical (unpaired) electrons. The highest BCUT2D eigenvalue weighted by Gasteiger charge is 2.15. The van der Waals surface area contributed by atoms with E-state index in [-0.39, 0.29) is 12.0 Å². The Labute approximate surface area is 124 Å². The molecule has 1 saturated heterocycles. The molecule has 2 aromatic rings. The van der Waals surface area contributed by atoms with Crippen molar-refractivity contribution < 1.29 is 9.53 Å². The zero-order valence-electron chi connectivity index (χ0n) is 11.7. The van der Waals surface area contributed by atoms with Crippen molar-refractivity contribution in [3.63, 3.8) is 0 Å². The van der Waals surface area contributed by atoms with Crippen molar-refractivity contribution in [3.05, 3.63) is 65.7 Å². The van der Waals surface area contributed by atoms with Crippen molar-refractivity contribution in [3.8, 4) is 0 Å². The highest BCUT2D eigenvalue weighted by Crippen LogP contribution is 2.21. The van der Waals surface area contributed by atoms with Crippen LogP contribution < -0.4 is 10.6 Å². The monoisotopic (exact) mass is 282 g/mol. The minimum Gasteiger partial charge on any atom is -0.371 e. The summed E-state index contributed by atoms with van der Waals surface area (Å²) in [5, 5.41) is 6.20. The predicted octanol–water partition coefficient (Wildman–Crippen LogP) is 2.60. The lowest BCUT2D eigenvalue weighted by atomic mass is 10.1. The van der Waals surface area contributed by atoms with E-state index in [0.29, 0.717) is 5.56 Å². The third-order valence-corrected chi connectivity index (χ3v) is 3.50. The molecule has 21 heavy (non-hydrogen) atoms. The number of rotatable bonds is 3. The highest BCUT2D eigenvalue weighted by atomic mass is 16.5. The van der Waals surface area contributed by atoms with Gasteiger partial charge in [-0.3, -0.25) is 4.79 Å². The van der Waals surface area contributed by atoms with Crippen LogP contribution in [-0.2, 0) is 4.74 Å². The molecule has 1 fully saturated rings. The summed E-state index contributed by atoms with van der Waals surface area (Å²) in [6, 6.07) is 17.0. The van der Waals surface area contributed by atoms with Crippen LogP contribution in [-0.4, -0.2) is 25.6 Å². The Morgan fingerprint density at radius 3 is 2.52 bits per heavy atom. The van der Waals surface area contributed by atoms with Crippen LogP contribution in [0.25, 0.3) is 0 Å². The average Bonchev–Trinajstić information content (AvgIpc) is 2.57. The normalized spacial score (nSPS) is 18.2. The van der Waals surface area contributed by atoms with Crippen LogP contribution in [0.4, 0.5) is 5.69 Å². The molecule has 1 aliphatic heterocycles. The summed E-state index contributed by atoms with van der Waals surface area (Å²) in [5.74, 6) is -0.0982. The SMILES string of the molecule is O=C(Nc1ccc([C@@H]2CNCCO2)cc1)c1ccccc1. The van der Waals surface area contributed by atoms with E-state index in [1.54, 1.807) is 12.1 Å². The van der Waals surface area contributed by atoms with Crippen LogP contribution in [0.15, 0.2) is 54.6 Å². The van der Waals surface area contributed by atoms with Crippen LogP contribution in [0.2, 0.25) is 0 Å². The lowest BCUT2D eigenvalue weighted by Gasteiger charge is -2.24. The number of ether oxygens (including phenoxy) is 1. The summed E-state index contributed by atoms with van der Waals surface area (Å²) < 4.78 is 5.70. The number of amides is 1. The molecule has 0 aromatic heterocycles. The Morgan fingerprint density at radius 1 is 1.10 bits per heavy atom. The fourth-order valence-electron chi connectivity index (χ4n) is 2.35. The molecule has 1 atom stereocenters. The molecule has 0 spiro atoms. The van der Waals surface area contributed by atoms with Gasteiger partial charge in [-0.25, -0.2) is 0 Å². The Kier molecular flexibility index (Phi) is 4.28. The van der Waals surface area contributed by atoms with Gasteiger partial charge in [-0.1, -0.05) is 30.3 Å². The van der Waals surface area contributed by atoms with E-state index in [4.69, 9.17) is 4.74 Å². The van der Waals surface area contributed by atoms with Crippen molar-refractivity contribution in [2.75, 3.05) is 25.0 Å². The first-order chi connectivity index (χ1) is 10.3. The molecule has 4 nitrogen and oxygen atoms in total. The number of nitrogens with one attached hydrogen (secondary N) is 2. The Bertz CT molecular complexity index is 590. The Balaban J connectivity index is 1.65. The topological polar surface area (TPSA) is 50.4 Å². The van der Waals surface area contributed by atoms with Gasteiger partial charge in [0.1, 0.15) is 0 Å². The summed E-state index contributed by atoms with van der Waals surface area (Å²) in [6.07, 6.45) is 0.0950. The largest absolute Gasteiger partial charge is 0.371 e. The first-order valence-electron chi connectivity index (χ1n) is 7.11. The fourth-order valence-corrected chi connectivity index (χ4v) is 2.35. The molecule has 0 aliphatic carbocycles. The summed E-state index contributed by atoms with van der Waals surface area (Å²) in [7, 11) is 0. The van der Waals surface area contributed by atoms with Gasteiger partial charge in [0.25, 0.3) is 5.91 Å². The molecule has 0 unspecified atom stereocenters. The number of carbonyl (C=O) groups excluding carboxylic acids is 1. The molecular weight excluding hydrogens is 264 g/mol. The van der Waals surface area contributed by atoms with Gasteiger partial charge in [0, 0.05) is 24.3 Å². The summed E-state index contributed by atoms with van der Waals surface area (Å²) in [5.41, 5.74) is 2.57. The van der Waals surface area contributed by atoms with Gasteiger partial charge in [0.15, 0.2) is 0 Å². The maximum atomic E-state index is 12.1. The van der Waals surface area contributed by atoms with Gasteiger partial charge in [-0.2, -0.15) is 0 Å². The van der Waals surface area contributed by atoms with Gasteiger partial charge in [-0.05, 0) is 29.8 Å². The summed E-state index contributed by atoms with van der Waals surface area (Å²) in [6.45, 7) is 2.47. The van der Waals surface area contributed by atoms with E-state index in [1.165, 1.54) is 0 Å². The second kappa shape index (κ2) is 6.52. The zero-order valence-corrected chi connectivity index (χ0v) is 11.7. The molecule has 0 bridgehead atoms. The van der Waals surface area contributed by atoms with E-state index in [1.807, 2.05) is 42.5 Å². The molecule has 2 N–H and O–H groups in total. The molecule has 1 aliphatic rings. The number of hydrogen-bond acceptors (Lipinski definition) is 3. The molecule has 3 rings (SSSR count). The average molecular weight is 282 g/mol. The standard InChI is InChI=1S/C17H18N2O2/c20-17(14-4-2-1-3-5-14)19-15-8-6-13(7-9-15)16-12-18-10-11-21-16/h1-9,16,18H,10-12H2,(H,19,20)/t16-/m0/s1. The van der Waals surface area contributed by atoms with Crippen molar-refractivity contribution in [2.24, 2.45) is 0 Å². The summed E-state index contributed by atoms with van der Waals surface area (Å²) >= 11 is 0. The molecule has 2 aromatic carbocycles. The Morgan fingerprint density at radius 2 is 1.86 bits per heavy atom.